The maximum Gasteiger partial charge on any atom is 0.134 e. The average molecular weight is 388 g/mol. The normalized spacial score (nSPS) is 13.9. The molecule has 5 aromatic rings. The van der Waals surface area contributed by atoms with Crippen molar-refractivity contribution < 1.29 is 4.42 Å². The molecule has 1 heterocycles. The highest BCUT2D eigenvalue weighted by molar-refractivity contribution is 5.94. The molecule has 3 nitrogen and oxygen atoms in total. The lowest BCUT2D eigenvalue weighted by Crippen LogP contribution is -2.28. The number of hydrogen-bond acceptors (Lipinski definition) is 3. The van der Waals surface area contributed by atoms with Gasteiger partial charge in [-0.25, -0.2) is 0 Å². The molecule has 1 aromatic heterocycles. The molecule has 0 fully saturated rings. The number of rotatable bonds is 2. The van der Waals surface area contributed by atoms with E-state index in [0.717, 1.165) is 22.3 Å². The van der Waals surface area contributed by atoms with E-state index in [1.807, 2.05) is 30.3 Å². The molecule has 0 unspecified atom stereocenters. The summed E-state index contributed by atoms with van der Waals surface area (Å²) >= 11 is 0. The Hall–Kier alpha value is -3.98. The minimum absolute atomic E-state index is 0.478. The van der Waals surface area contributed by atoms with Crippen LogP contribution in [0.5, 0.6) is 0 Å². The van der Waals surface area contributed by atoms with Gasteiger partial charge in [0.15, 0.2) is 0 Å². The number of furan rings is 1. The summed E-state index contributed by atoms with van der Waals surface area (Å²) < 4.78 is 5.81. The van der Waals surface area contributed by atoms with E-state index in [-0.39, 0.29) is 0 Å². The molecule has 1 aliphatic rings. The molecular formula is C27H20N2O. The fraction of sp³-hybridized carbons (Fsp3) is 0.0370. The zero-order valence-corrected chi connectivity index (χ0v) is 16.3. The van der Waals surface area contributed by atoms with E-state index in [1.54, 1.807) is 6.26 Å². The van der Waals surface area contributed by atoms with Crippen molar-refractivity contribution in [1.82, 2.24) is 0 Å². The van der Waals surface area contributed by atoms with Crippen LogP contribution in [0, 0.1) is 0 Å². The highest BCUT2D eigenvalue weighted by Crippen LogP contribution is 2.56. The molecular weight excluding hydrogens is 368 g/mol. The van der Waals surface area contributed by atoms with Crippen LogP contribution in [0.15, 0.2) is 102 Å². The molecule has 0 spiro atoms. The van der Waals surface area contributed by atoms with Gasteiger partial charge < -0.3 is 15.9 Å². The smallest absolute Gasteiger partial charge is 0.134 e. The molecule has 0 saturated carbocycles. The first kappa shape index (κ1) is 16.9. The maximum absolute atomic E-state index is 6.05. The minimum Gasteiger partial charge on any atom is -0.464 e. The molecule has 0 bridgehead atoms. The third kappa shape index (κ3) is 2.15. The Labute approximate surface area is 174 Å². The van der Waals surface area contributed by atoms with E-state index in [9.17, 15) is 0 Å². The largest absolute Gasteiger partial charge is 0.464 e. The second-order valence-corrected chi connectivity index (χ2v) is 7.90. The van der Waals surface area contributed by atoms with Gasteiger partial charge in [-0.3, -0.25) is 0 Å². The van der Waals surface area contributed by atoms with E-state index in [2.05, 4.69) is 60.7 Å². The van der Waals surface area contributed by atoms with E-state index in [4.69, 9.17) is 15.9 Å². The van der Waals surface area contributed by atoms with Gasteiger partial charge in [-0.15, -0.1) is 0 Å². The Morgan fingerprint density at radius 3 is 1.90 bits per heavy atom. The summed E-state index contributed by atoms with van der Waals surface area (Å²) in [6.45, 7) is 0. The first-order valence-electron chi connectivity index (χ1n) is 10.0. The van der Waals surface area contributed by atoms with Gasteiger partial charge in [0, 0.05) is 16.8 Å². The van der Waals surface area contributed by atoms with Crippen molar-refractivity contribution in [2.45, 2.75) is 5.41 Å². The standard InChI is InChI=1S/C27H20N2O/c28-20-9-5-18(6-10-20)27(19-7-11-21(29)12-8-19)24-4-2-1-3-22(24)23-15-17-13-14-30-26(17)16-25(23)27/h1-16H,28-29H2. The third-order valence-electron chi connectivity index (χ3n) is 6.31. The summed E-state index contributed by atoms with van der Waals surface area (Å²) in [6, 6.07) is 31.5. The Morgan fingerprint density at radius 2 is 1.23 bits per heavy atom. The molecule has 4 aromatic carbocycles. The number of hydrogen-bond donors (Lipinski definition) is 2. The minimum atomic E-state index is -0.478. The van der Waals surface area contributed by atoms with Gasteiger partial charge in [-0.1, -0.05) is 48.5 Å². The second kappa shape index (κ2) is 6.01. The van der Waals surface area contributed by atoms with Crippen LogP contribution in [0.1, 0.15) is 22.3 Å². The number of nitrogens with two attached hydrogens (primary N) is 2. The quantitative estimate of drug-likeness (QED) is 0.360. The molecule has 0 saturated heterocycles. The number of anilines is 2. The van der Waals surface area contributed by atoms with Crippen LogP contribution in [-0.4, -0.2) is 0 Å². The van der Waals surface area contributed by atoms with Crippen molar-refractivity contribution in [2.24, 2.45) is 0 Å². The number of fused-ring (bicyclic) bond motifs is 4. The van der Waals surface area contributed by atoms with Crippen LogP contribution in [0.2, 0.25) is 0 Å². The maximum atomic E-state index is 6.05. The molecule has 6 rings (SSSR count). The lowest BCUT2D eigenvalue weighted by atomic mass is 9.67. The highest BCUT2D eigenvalue weighted by atomic mass is 16.3. The first-order chi connectivity index (χ1) is 14.7. The van der Waals surface area contributed by atoms with E-state index in [0.29, 0.717) is 0 Å². The van der Waals surface area contributed by atoms with Gasteiger partial charge in [0.05, 0.1) is 11.7 Å². The number of benzene rings is 4. The van der Waals surface area contributed by atoms with Crippen molar-refractivity contribution in [3.63, 3.8) is 0 Å². The van der Waals surface area contributed by atoms with Gasteiger partial charge >= 0.3 is 0 Å². The Morgan fingerprint density at radius 1 is 0.600 bits per heavy atom. The fourth-order valence-electron chi connectivity index (χ4n) is 4.99. The average Bonchev–Trinajstić information content (AvgIpc) is 3.34. The van der Waals surface area contributed by atoms with Crippen LogP contribution in [-0.2, 0) is 5.41 Å². The topological polar surface area (TPSA) is 65.2 Å². The van der Waals surface area contributed by atoms with Crippen LogP contribution >= 0.6 is 0 Å². The predicted octanol–water partition coefficient (Wildman–Crippen LogP) is 5.96. The van der Waals surface area contributed by atoms with Gasteiger partial charge in [-0.2, -0.15) is 0 Å². The summed E-state index contributed by atoms with van der Waals surface area (Å²) in [7, 11) is 0. The molecule has 144 valence electrons. The number of nitrogen functional groups attached to an aromatic ring is 2. The molecule has 1 aliphatic carbocycles. The SMILES string of the molecule is Nc1ccc(C2(c3ccc(N)cc3)c3ccccc3-c3cc4ccoc4cc32)cc1. The van der Waals surface area contributed by atoms with Crippen LogP contribution < -0.4 is 11.5 Å². The van der Waals surface area contributed by atoms with E-state index in [1.165, 1.54) is 33.4 Å². The summed E-state index contributed by atoms with van der Waals surface area (Å²) in [4.78, 5) is 0. The molecule has 4 N–H and O–H groups in total. The van der Waals surface area contributed by atoms with Gasteiger partial charge in [0.1, 0.15) is 5.58 Å². The first-order valence-corrected chi connectivity index (χ1v) is 10.0. The van der Waals surface area contributed by atoms with Gasteiger partial charge in [0.25, 0.3) is 0 Å². The van der Waals surface area contributed by atoms with Gasteiger partial charge in [-0.05, 0) is 75.8 Å². The summed E-state index contributed by atoms with van der Waals surface area (Å²) in [6.07, 6.45) is 1.75. The zero-order chi connectivity index (χ0) is 20.3. The Balaban J connectivity index is 1.80. The third-order valence-corrected chi connectivity index (χ3v) is 6.31. The Bertz CT molecular complexity index is 1350. The van der Waals surface area contributed by atoms with Gasteiger partial charge in [0.2, 0.25) is 0 Å². The van der Waals surface area contributed by atoms with Crippen molar-refractivity contribution in [3.05, 3.63) is 120 Å². The molecule has 0 atom stereocenters. The van der Waals surface area contributed by atoms with Crippen LogP contribution in [0.3, 0.4) is 0 Å². The summed E-state index contributed by atoms with van der Waals surface area (Å²) in [5.74, 6) is 0. The van der Waals surface area contributed by atoms with Crippen molar-refractivity contribution >= 4 is 22.3 Å². The lowest BCUT2D eigenvalue weighted by molar-refractivity contribution is 0.614. The molecule has 0 aliphatic heterocycles. The molecule has 0 radical (unpaired) electrons. The molecule has 3 heteroatoms. The van der Waals surface area contributed by atoms with Crippen molar-refractivity contribution in [3.8, 4) is 11.1 Å². The van der Waals surface area contributed by atoms with Crippen molar-refractivity contribution in [2.75, 3.05) is 11.5 Å². The lowest BCUT2D eigenvalue weighted by Gasteiger charge is -2.34. The molecule has 30 heavy (non-hydrogen) atoms. The van der Waals surface area contributed by atoms with E-state index >= 15 is 0 Å². The monoisotopic (exact) mass is 388 g/mol. The highest BCUT2D eigenvalue weighted by Gasteiger charge is 2.46. The summed E-state index contributed by atoms with van der Waals surface area (Å²) in [5.41, 5.74) is 21.3. The van der Waals surface area contributed by atoms with E-state index < -0.39 is 5.41 Å². The Kier molecular flexibility index (Phi) is 3.39. The summed E-state index contributed by atoms with van der Waals surface area (Å²) in [5, 5.41) is 1.11. The van der Waals surface area contributed by atoms with Crippen molar-refractivity contribution in [1.29, 1.82) is 0 Å². The molecule has 0 amide bonds. The zero-order valence-electron chi connectivity index (χ0n) is 16.3. The second-order valence-electron chi connectivity index (χ2n) is 7.90. The van der Waals surface area contributed by atoms with Crippen LogP contribution in [0.4, 0.5) is 11.4 Å². The predicted molar refractivity (Wildman–Crippen MR) is 122 cm³/mol. The van der Waals surface area contributed by atoms with Crippen LogP contribution in [0.25, 0.3) is 22.1 Å². The fourth-order valence-corrected chi connectivity index (χ4v) is 4.99.